The molecule has 0 aromatic heterocycles. The van der Waals surface area contributed by atoms with E-state index in [-0.39, 0.29) is 21.6 Å². The number of rotatable bonds is 8. The zero-order chi connectivity index (χ0) is 23.0. The smallest absolute Gasteiger partial charge is 0.266 e. The lowest BCUT2D eigenvalue weighted by molar-refractivity contribution is -0.0761. The van der Waals surface area contributed by atoms with Crippen molar-refractivity contribution in [1.82, 2.24) is 5.06 Å². The van der Waals surface area contributed by atoms with E-state index >= 15 is 0 Å². The highest BCUT2D eigenvalue weighted by molar-refractivity contribution is 7.87. The molecular weight excluding hydrogens is 435 g/mol. The van der Waals surface area contributed by atoms with E-state index in [1.54, 1.807) is 6.07 Å². The number of carbonyl (C=O) groups excluding carboxylic acids is 2. The topological polar surface area (TPSA) is 80.8 Å². The van der Waals surface area contributed by atoms with Gasteiger partial charge in [0.25, 0.3) is 11.8 Å². The minimum atomic E-state index is -6.19. The molecule has 0 bridgehead atoms. The Labute approximate surface area is 178 Å². The van der Waals surface area contributed by atoms with E-state index < -0.39 is 27.4 Å². The van der Waals surface area contributed by atoms with Crippen LogP contribution in [0.5, 0.6) is 0 Å². The van der Waals surface area contributed by atoms with Gasteiger partial charge in [-0.2, -0.15) is 21.6 Å². The van der Waals surface area contributed by atoms with Crippen LogP contribution in [0.25, 0.3) is 10.8 Å². The summed E-state index contributed by atoms with van der Waals surface area (Å²) in [7, 11) is -6.19. The molecular formula is C21H22F3NO5S. The quantitative estimate of drug-likeness (QED) is 0.413. The molecule has 0 radical (unpaired) electrons. The van der Waals surface area contributed by atoms with Crippen LogP contribution in [0.15, 0.2) is 30.3 Å². The van der Waals surface area contributed by atoms with Gasteiger partial charge < -0.3 is 0 Å². The largest absolute Gasteiger partial charge is 0.525 e. The third-order valence-electron chi connectivity index (χ3n) is 5.39. The van der Waals surface area contributed by atoms with E-state index in [0.717, 1.165) is 31.2 Å². The monoisotopic (exact) mass is 457 g/mol. The van der Waals surface area contributed by atoms with Gasteiger partial charge in [-0.15, -0.1) is 9.35 Å². The third kappa shape index (κ3) is 4.45. The molecule has 1 unspecified atom stereocenters. The van der Waals surface area contributed by atoms with Crippen LogP contribution in [-0.4, -0.2) is 30.8 Å². The van der Waals surface area contributed by atoms with Crippen molar-refractivity contribution in [1.29, 1.82) is 0 Å². The van der Waals surface area contributed by atoms with Gasteiger partial charge in [-0.3, -0.25) is 9.59 Å². The van der Waals surface area contributed by atoms with E-state index in [9.17, 15) is 31.2 Å². The summed E-state index contributed by atoms with van der Waals surface area (Å²) >= 11 is 0. The normalized spacial score (nSPS) is 15.6. The number of halogens is 3. The maximum atomic E-state index is 12.8. The average molecular weight is 457 g/mol. The number of hydrogen-bond donors (Lipinski definition) is 0. The lowest BCUT2D eigenvalue weighted by atomic mass is 9.87. The molecule has 2 amide bonds. The highest BCUT2D eigenvalue weighted by Crippen LogP contribution is 2.34. The Kier molecular flexibility index (Phi) is 6.43. The Bertz CT molecular complexity index is 1130. The van der Waals surface area contributed by atoms with Crippen LogP contribution in [0.1, 0.15) is 65.8 Å². The summed E-state index contributed by atoms with van der Waals surface area (Å²) in [5.41, 5.74) is -5.17. The summed E-state index contributed by atoms with van der Waals surface area (Å²) in [4.78, 5) is 25.4. The Morgan fingerprint density at radius 3 is 2.35 bits per heavy atom. The van der Waals surface area contributed by atoms with E-state index in [0.29, 0.717) is 17.7 Å². The molecule has 6 nitrogen and oxygen atoms in total. The van der Waals surface area contributed by atoms with Crippen LogP contribution in [-0.2, 0) is 20.8 Å². The number of hydrogen-bond acceptors (Lipinski definition) is 5. The number of unbranched alkanes of at least 4 members (excludes halogenated alkanes) is 1. The fourth-order valence-electron chi connectivity index (χ4n) is 3.75. The molecule has 31 heavy (non-hydrogen) atoms. The number of imide groups is 1. The zero-order valence-corrected chi connectivity index (χ0v) is 17.8. The van der Waals surface area contributed by atoms with E-state index in [4.69, 9.17) is 0 Å². The van der Waals surface area contributed by atoms with Crippen molar-refractivity contribution >= 4 is 32.7 Å². The molecule has 1 aliphatic heterocycles. The fraction of sp³-hybridized carbons (Fsp3) is 0.429. The van der Waals surface area contributed by atoms with Crippen molar-refractivity contribution in [3.8, 4) is 0 Å². The van der Waals surface area contributed by atoms with Crippen LogP contribution in [0.2, 0.25) is 0 Å². The Balaban J connectivity index is 2.05. The molecule has 0 aliphatic carbocycles. The summed E-state index contributed by atoms with van der Waals surface area (Å²) in [5.74, 6) is -2.16. The van der Waals surface area contributed by atoms with Gasteiger partial charge in [0.2, 0.25) is 0 Å². The second-order valence-corrected chi connectivity index (χ2v) is 9.07. The van der Waals surface area contributed by atoms with Gasteiger partial charge in [0.15, 0.2) is 0 Å². The SMILES string of the molecule is CCCCC(CC)Cc1cc2c3c(cccc3c1)C(=O)N(OS(=O)(=O)C(F)(F)F)C2=O. The fourth-order valence-corrected chi connectivity index (χ4v) is 4.17. The first-order valence-electron chi connectivity index (χ1n) is 9.95. The second kappa shape index (κ2) is 8.58. The van der Waals surface area contributed by atoms with Crippen LogP contribution >= 0.6 is 0 Å². The number of benzene rings is 2. The summed E-state index contributed by atoms with van der Waals surface area (Å²) in [5, 5.41) is 0.528. The number of amides is 2. The van der Waals surface area contributed by atoms with Gasteiger partial charge >= 0.3 is 15.6 Å². The van der Waals surface area contributed by atoms with Gasteiger partial charge in [0.05, 0.1) is 11.1 Å². The van der Waals surface area contributed by atoms with Gasteiger partial charge in [0, 0.05) is 5.39 Å². The summed E-state index contributed by atoms with van der Waals surface area (Å²) < 4.78 is 65.0. The lowest BCUT2D eigenvalue weighted by Gasteiger charge is -2.26. The predicted molar refractivity (Wildman–Crippen MR) is 108 cm³/mol. The predicted octanol–water partition coefficient (Wildman–Crippen LogP) is 4.98. The van der Waals surface area contributed by atoms with Crippen LogP contribution < -0.4 is 0 Å². The van der Waals surface area contributed by atoms with Crippen molar-refractivity contribution < 1.29 is 35.5 Å². The summed E-state index contributed by atoms with van der Waals surface area (Å²) in [6, 6.07) is 7.88. The minimum absolute atomic E-state index is 0.0644. The molecule has 168 valence electrons. The number of carbonyl (C=O) groups is 2. The van der Waals surface area contributed by atoms with Crippen LogP contribution in [0, 0.1) is 5.92 Å². The van der Waals surface area contributed by atoms with Crippen molar-refractivity contribution in [2.24, 2.45) is 5.92 Å². The Morgan fingerprint density at radius 1 is 1.06 bits per heavy atom. The lowest BCUT2D eigenvalue weighted by Crippen LogP contribution is -2.44. The maximum absolute atomic E-state index is 12.8. The van der Waals surface area contributed by atoms with Crippen LogP contribution in [0.3, 0.4) is 0 Å². The maximum Gasteiger partial charge on any atom is 0.525 e. The molecule has 1 heterocycles. The standard InChI is InChI=1S/C21H22F3NO5S/c1-3-5-7-13(4-2)10-14-11-15-8-6-9-16-18(15)17(12-14)20(27)25(19(16)26)30-31(28,29)21(22,23)24/h6,8-9,11-13H,3-5,7,10H2,1-2H3. The molecule has 0 saturated heterocycles. The molecule has 1 aliphatic rings. The van der Waals surface area contributed by atoms with Crippen molar-refractivity contribution in [2.75, 3.05) is 0 Å². The highest BCUT2D eigenvalue weighted by atomic mass is 32.2. The van der Waals surface area contributed by atoms with E-state index in [1.807, 2.05) is 6.07 Å². The number of alkyl halides is 3. The molecule has 1 atom stereocenters. The first kappa shape index (κ1) is 23.2. The highest BCUT2D eigenvalue weighted by Gasteiger charge is 2.51. The minimum Gasteiger partial charge on any atom is -0.266 e. The zero-order valence-electron chi connectivity index (χ0n) is 17.0. The van der Waals surface area contributed by atoms with E-state index in [1.165, 1.54) is 18.2 Å². The Hall–Kier alpha value is -2.46. The first-order chi connectivity index (χ1) is 14.5. The molecule has 0 N–H and O–H groups in total. The third-order valence-corrected chi connectivity index (χ3v) is 6.30. The van der Waals surface area contributed by atoms with Crippen molar-refractivity contribution in [2.45, 2.75) is 51.5 Å². The van der Waals surface area contributed by atoms with Crippen LogP contribution in [0.4, 0.5) is 13.2 Å². The van der Waals surface area contributed by atoms with Crippen molar-refractivity contribution in [3.63, 3.8) is 0 Å². The average Bonchev–Trinajstić information content (AvgIpc) is 2.71. The molecule has 0 spiro atoms. The summed E-state index contributed by atoms with van der Waals surface area (Å²) in [6.45, 7) is 4.15. The molecule has 0 fully saturated rings. The molecule has 10 heteroatoms. The van der Waals surface area contributed by atoms with Gasteiger partial charge in [-0.05, 0) is 35.4 Å². The second-order valence-electron chi connectivity index (χ2n) is 7.55. The Morgan fingerprint density at radius 2 is 1.74 bits per heavy atom. The molecule has 2 aromatic carbocycles. The van der Waals surface area contributed by atoms with E-state index in [2.05, 4.69) is 18.1 Å². The molecule has 3 rings (SSSR count). The van der Waals surface area contributed by atoms with Gasteiger partial charge in [0.1, 0.15) is 0 Å². The van der Waals surface area contributed by atoms with Crippen molar-refractivity contribution in [3.05, 3.63) is 47.0 Å². The van der Waals surface area contributed by atoms with Gasteiger partial charge in [-0.1, -0.05) is 57.7 Å². The molecule has 0 saturated carbocycles. The first-order valence-corrected chi connectivity index (χ1v) is 11.4. The summed E-state index contributed by atoms with van der Waals surface area (Å²) in [6.07, 6.45) is 4.65. The number of hydroxylamine groups is 2. The number of nitrogens with zero attached hydrogens (tertiary/aromatic N) is 1. The van der Waals surface area contributed by atoms with Gasteiger partial charge in [-0.25, -0.2) is 0 Å². The molecule has 2 aromatic rings.